The molecule has 2 aliphatic rings. The molecule has 1 N–H and O–H groups in total. The standard InChI is InChI=1S/C22H28F3N5O2/c1-21(2,22(23,24)25)14-28-7-3-15(4-8-28)11-16-5-10-30-17(12-16)18(13-26-30)29-9-6-19(31)27-20(29)32/h5,10,12-13,15H,3-4,6-9,11,14H2,1-2H3,(H,27,31,32). The molecule has 0 bridgehead atoms. The number of nitrogens with one attached hydrogen (secondary N) is 1. The van der Waals surface area contributed by atoms with E-state index in [1.807, 2.05) is 23.2 Å². The topological polar surface area (TPSA) is 70.0 Å². The van der Waals surface area contributed by atoms with Gasteiger partial charge in [0.25, 0.3) is 0 Å². The van der Waals surface area contributed by atoms with Crippen LogP contribution in [0.4, 0.5) is 23.7 Å². The van der Waals surface area contributed by atoms with Gasteiger partial charge in [-0.1, -0.05) is 0 Å². The van der Waals surface area contributed by atoms with Crippen molar-refractivity contribution in [2.45, 2.75) is 45.7 Å². The van der Waals surface area contributed by atoms with Crippen LogP contribution in [-0.4, -0.2) is 58.8 Å². The summed E-state index contributed by atoms with van der Waals surface area (Å²) in [5.74, 6) is 0.110. The van der Waals surface area contributed by atoms with E-state index in [1.54, 1.807) is 10.7 Å². The maximum absolute atomic E-state index is 13.2. The summed E-state index contributed by atoms with van der Waals surface area (Å²) in [6.45, 7) is 4.17. The highest BCUT2D eigenvalue weighted by Crippen LogP contribution is 2.39. The number of carbonyl (C=O) groups excluding carboxylic acids is 2. The molecule has 0 aliphatic carbocycles. The van der Waals surface area contributed by atoms with E-state index in [-0.39, 0.29) is 18.9 Å². The van der Waals surface area contributed by atoms with Crippen molar-refractivity contribution >= 4 is 23.1 Å². The highest BCUT2D eigenvalue weighted by molar-refractivity contribution is 6.07. The molecule has 2 aliphatic heterocycles. The highest BCUT2D eigenvalue weighted by atomic mass is 19.4. The zero-order chi connectivity index (χ0) is 23.1. The first-order valence-corrected chi connectivity index (χ1v) is 10.9. The Morgan fingerprint density at radius 2 is 1.88 bits per heavy atom. The molecule has 7 nitrogen and oxygen atoms in total. The number of alkyl halides is 3. The van der Waals surface area contributed by atoms with E-state index in [2.05, 4.69) is 10.4 Å². The van der Waals surface area contributed by atoms with Gasteiger partial charge in [-0.25, -0.2) is 9.31 Å². The van der Waals surface area contributed by atoms with Crippen molar-refractivity contribution in [2.75, 3.05) is 31.1 Å². The van der Waals surface area contributed by atoms with Crippen molar-refractivity contribution < 1.29 is 22.8 Å². The van der Waals surface area contributed by atoms with Gasteiger partial charge in [-0.3, -0.25) is 15.0 Å². The molecule has 3 amide bonds. The van der Waals surface area contributed by atoms with Crippen molar-refractivity contribution in [1.29, 1.82) is 0 Å². The zero-order valence-corrected chi connectivity index (χ0v) is 18.3. The lowest BCUT2D eigenvalue weighted by Gasteiger charge is -2.38. The fourth-order valence-corrected chi connectivity index (χ4v) is 4.47. The first kappa shape index (κ1) is 22.6. The van der Waals surface area contributed by atoms with E-state index in [0.717, 1.165) is 30.3 Å². The average molecular weight is 451 g/mol. The van der Waals surface area contributed by atoms with Gasteiger partial charge in [-0.2, -0.15) is 18.3 Å². The summed E-state index contributed by atoms with van der Waals surface area (Å²) >= 11 is 0. The summed E-state index contributed by atoms with van der Waals surface area (Å²) < 4.78 is 41.3. The zero-order valence-electron chi connectivity index (χ0n) is 18.3. The molecular weight excluding hydrogens is 423 g/mol. The molecule has 4 rings (SSSR count). The fourth-order valence-electron chi connectivity index (χ4n) is 4.47. The first-order chi connectivity index (χ1) is 15.0. The largest absolute Gasteiger partial charge is 0.395 e. The van der Waals surface area contributed by atoms with Crippen LogP contribution in [0.3, 0.4) is 0 Å². The number of hydrogen-bond acceptors (Lipinski definition) is 4. The molecule has 0 unspecified atom stereocenters. The number of pyridine rings is 1. The van der Waals surface area contributed by atoms with Gasteiger partial charge in [-0.15, -0.1) is 0 Å². The van der Waals surface area contributed by atoms with Crippen LogP contribution >= 0.6 is 0 Å². The Kier molecular flexibility index (Phi) is 5.91. The van der Waals surface area contributed by atoms with Crippen LogP contribution in [0.1, 0.15) is 38.7 Å². The number of imide groups is 1. The van der Waals surface area contributed by atoms with Crippen LogP contribution in [0, 0.1) is 11.3 Å². The molecule has 2 saturated heterocycles. The summed E-state index contributed by atoms with van der Waals surface area (Å²) in [6, 6.07) is 3.55. The molecule has 32 heavy (non-hydrogen) atoms. The van der Waals surface area contributed by atoms with Gasteiger partial charge in [0.2, 0.25) is 5.91 Å². The number of aromatic nitrogens is 2. The molecule has 2 aromatic heterocycles. The van der Waals surface area contributed by atoms with Crippen LogP contribution in [0.15, 0.2) is 24.5 Å². The Balaban J connectivity index is 1.40. The lowest BCUT2D eigenvalue weighted by atomic mass is 9.87. The minimum Gasteiger partial charge on any atom is -0.302 e. The van der Waals surface area contributed by atoms with Gasteiger partial charge < -0.3 is 4.90 Å². The first-order valence-electron chi connectivity index (χ1n) is 10.9. The maximum Gasteiger partial charge on any atom is 0.395 e. The average Bonchev–Trinajstić information content (AvgIpc) is 3.11. The van der Waals surface area contributed by atoms with Crippen molar-refractivity contribution in [3.05, 3.63) is 30.1 Å². The summed E-state index contributed by atoms with van der Waals surface area (Å²) in [6.07, 6.45) is 2.02. The molecule has 0 radical (unpaired) electrons. The second kappa shape index (κ2) is 8.38. The van der Waals surface area contributed by atoms with Crippen molar-refractivity contribution in [3.8, 4) is 0 Å². The van der Waals surface area contributed by atoms with E-state index in [4.69, 9.17) is 0 Å². The minimum absolute atomic E-state index is 0.0226. The van der Waals surface area contributed by atoms with E-state index >= 15 is 0 Å². The molecule has 4 heterocycles. The molecule has 0 spiro atoms. The molecule has 0 atom stereocenters. The third-order valence-corrected chi connectivity index (χ3v) is 6.53. The van der Waals surface area contributed by atoms with Crippen LogP contribution in [0.2, 0.25) is 0 Å². The fraction of sp³-hybridized carbons (Fsp3) is 0.591. The van der Waals surface area contributed by atoms with Crippen LogP contribution in [-0.2, 0) is 11.2 Å². The number of anilines is 1. The SMILES string of the molecule is CC(C)(CN1CCC(Cc2ccn3ncc(N4CCC(=O)NC4=O)c3c2)CC1)C(F)(F)F. The lowest BCUT2D eigenvalue weighted by Crippen LogP contribution is -2.49. The summed E-state index contributed by atoms with van der Waals surface area (Å²) in [7, 11) is 0. The van der Waals surface area contributed by atoms with Gasteiger partial charge in [0.1, 0.15) is 0 Å². The van der Waals surface area contributed by atoms with Crippen molar-refractivity contribution in [2.24, 2.45) is 11.3 Å². The molecule has 174 valence electrons. The van der Waals surface area contributed by atoms with E-state index in [9.17, 15) is 22.8 Å². The Morgan fingerprint density at radius 3 is 2.53 bits per heavy atom. The number of amides is 3. The second-order valence-electron chi connectivity index (χ2n) is 9.45. The third-order valence-electron chi connectivity index (χ3n) is 6.53. The minimum atomic E-state index is -4.21. The van der Waals surface area contributed by atoms with E-state index < -0.39 is 17.6 Å². The number of piperidine rings is 1. The smallest absolute Gasteiger partial charge is 0.302 e. The maximum atomic E-state index is 13.2. The number of likely N-dealkylation sites (tertiary alicyclic amines) is 1. The van der Waals surface area contributed by atoms with Gasteiger partial charge >= 0.3 is 12.2 Å². The van der Waals surface area contributed by atoms with E-state index in [1.165, 1.54) is 18.7 Å². The Bertz CT molecular complexity index is 1010. The molecule has 0 aromatic carbocycles. The predicted octanol–water partition coefficient (Wildman–Crippen LogP) is 3.62. The van der Waals surface area contributed by atoms with Gasteiger partial charge in [0, 0.05) is 25.7 Å². The normalized spacial score (nSPS) is 19.6. The van der Waals surface area contributed by atoms with Crippen molar-refractivity contribution in [1.82, 2.24) is 19.8 Å². The lowest BCUT2D eigenvalue weighted by molar-refractivity contribution is -0.217. The molecule has 0 saturated carbocycles. The molecule has 2 fully saturated rings. The third kappa shape index (κ3) is 4.60. The Hall–Kier alpha value is -2.62. The Morgan fingerprint density at radius 1 is 1.16 bits per heavy atom. The molecule has 2 aromatic rings. The van der Waals surface area contributed by atoms with Crippen LogP contribution in [0.5, 0.6) is 0 Å². The number of hydrogen-bond donors (Lipinski definition) is 1. The summed E-state index contributed by atoms with van der Waals surface area (Å²) in [5.41, 5.74) is 0.827. The molecular formula is C22H28F3N5O2. The quantitative estimate of drug-likeness (QED) is 0.754. The predicted molar refractivity (Wildman–Crippen MR) is 113 cm³/mol. The Labute approximate surface area is 184 Å². The highest BCUT2D eigenvalue weighted by Gasteiger charge is 2.48. The van der Waals surface area contributed by atoms with Crippen LogP contribution < -0.4 is 10.2 Å². The van der Waals surface area contributed by atoms with Crippen molar-refractivity contribution in [3.63, 3.8) is 0 Å². The van der Waals surface area contributed by atoms with E-state index in [0.29, 0.717) is 31.2 Å². The number of nitrogens with zero attached hydrogens (tertiary/aromatic N) is 4. The second-order valence-corrected chi connectivity index (χ2v) is 9.45. The number of fused-ring (bicyclic) bond motifs is 1. The van der Waals surface area contributed by atoms with Crippen LogP contribution in [0.25, 0.3) is 5.52 Å². The van der Waals surface area contributed by atoms with Gasteiger partial charge in [-0.05, 0) is 69.8 Å². The molecule has 10 heteroatoms. The number of halogens is 3. The monoisotopic (exact) mass is 451 g/mol. The number of carbonyl (C=O) groups is 2. The summed E-state index contributed by atoms with van der Waals surface area (Å²) in [5, 5.41) is 6.64. The number of urea groups is 1. The van der Waals surface area contributed by atoms with Gasteiger partial charge in [0.05, 0.1) is 22.8 Å². The van der Waals surface area contributed by atoms with Gasteiger partial charge in [0.15, 0.2) is 0 Å². The summed E-state index contributed by atoms with van der Waals surface area (Å²) in [4.78, 5) is 27.1. The number of rotatable bonds is 5.